The minimum atomic E-state index is -4.00. The first-order valence-corrected chi connectivity index (χ1v) is 11.4. The van der Waals surface area contributed by atoms with Crippen molar-refractivity contribution in [1.29, 1.82) is 0 Å². The van der Waals surface area contributed by atoms with Crippen molar-refractivity contribution in [2.24, 2.45) is 0 Å². The van der Waals surface area contributed by atoms with Crippen LogP contribution in [0.25, 0.3) is 11.3 Å². The Labute approximate surface area is 181 Å². The standard InChI is InChI=1S/C23H25FN2O4S/c1-5-30-23(27)19-20(14(2)3)25-21(16-8-10-17(24)11-9-16)22(19)26-31(28,29)18-12-6-15(4)7-13-18/h6-14,25-26H,5H2,1-4H3. The van der Waals surface area contributed by atoms with E-state index in [9.17, 15) is 17.6 Å². The number of rotatable bonds is 7. The van der Waals surface area contributed by atoms with Crippen molar-refractivity contribution in [1.82, 2.24) is 4.98 Å². The average molecular weight is 445 g/mol. The molecule has 6 nitrogen and oxygen atoms in total. The van der Waals surface area contributed by atoms with Gasteiger partial charge in [0.2, 0.25) is 0 Å². The number of aryl methyl sites for hydroxylation is 1. The summed E-state index contributed by atoms with van der Waals surface area (Å²) in [5.41, 5.74) is 2.53. The number of carbonyl (C=O) groups is 1. The largest absolute Gasteiger partial charge is 0.462 e. The fourth-order valence-corrected chi connectivity index (χ4v) is 4.30. The summed E-state index contributed by atoms with van der Waals surface area (Å²) < 4.78 is 47.5. The second-order valence-electron chi connectivity index (χ2n) is 7.46. The van der Waals surface area contributed by atoms with Crippen LogP contribution in [0.4, 0.5) is 10.1 Å². The second-order valence-corrected chi connectivity index (χ2v) is 9.15. The van der Waals surface area contributed by atoms with Crippen LogP contribution in [0.2, 0.25) is 0 Å². The number of esters is 1. The highest BCUT2D eigenvalue weighted by molar-refractivity contribution is 7.92. The van der Waals surface area contributed by atoms with Gasteiger partial charge in [-0.15, -0.1) is 0 Å². The van der Waals surface area contributed by atoms with Crippen LogP contribution in [0, 0.1) is 12.7 Å². The topological polar surface area (TPSA) is 88.3 Å². The van der Waals surface area contributed by atoms with E-state index in [1.165, 1.54) is 36.4 Å². The fourth-order valence-electron chi connectivity index (χ4n) is 3.21. The van der Waals surface area contributed by atoms with Gasteiger partial charge in [0.05, 0.1) is 22.9 Å². The van der Waals surface area contributed by atoms with Gasteiger partial charge in [-0.1, -0.05) is 31.5 Å². The van der Waals surface area contributed by atoms with Gasteiger partial charge >= 0.3 is 5.97 Å². The summed E-state index contributed by atoms with van der Waals surface area (Å²) >= 11 is 0. The van der Waals surface area contributed by atoms with E-state index in [1.807, 2.05) is 20.8 Å². The van der Waals surface area contributed by atoms with E-state index in [1.54, 1.807) is 19.1 Å². The van der Waals surface area contributed by atoms with Crippen molar-refractivity contribution in [3.05, 3.63) is 71.2 Å². The van der Waals surface area contributed by atoms with Gasteiger partial charge in [-0.2, -0.15) is 0 Å². The highest BCUT2D eigenvalue weighted by Gasteiger charge is 2.29. The summed E-state index contributed by atoms with van der Waals surface area (Å²) in [6.45, 7) is 7.42. The molecule has 1 heterocycles. The molecule has 0 fully saturated rings. The molecule has 0 saturated heterocycles. The van der Waals surface area contributed by atoms with Gasteiger partial charge in [-0.3, -0.25) is 4.72 Å². The molecule has 0 radical (unpaired) electrons. The van der Waals surface area contributed by atoms with Crippen LogP contribution in [0.15, 0.2) is 53.4 Å². The molecule has 0 aliphatic carbocycles. The van der Waals surface area contributed by atoms with Gasteiger partial charge in [-0.25, -0.2) is 17.6 Å². The van der Waals surface area contributed by atoms with Gasteiger partial charge in [0.15, 0.2) is 0 Å². The molecule has 3 aromatic rings. The first kappa shape index (κ1) is 22.6. The van der Waals surface area contributed by atoms with Crippen molar-refractivity contribution in [2.45, 2.75) is 38.5 Å². The molecule has 3 rings (SSSR count). The molecular formula is C23H25FN2O4S. The highest BCUT2D eigenvalue weighted by Crippen LogP contribution is 2.38. The number of hydrogen-bond donors (Lipinski definition) is 2. The van der Waals surface area contributed by atoms with E-state index in [0.29, 0.717) is 17.0 Å². The van der Waals surface area contributed by atoms with Crippen LogP contribution in [0.1, 0.15) is 48.3 Å². The van der Waals surface area contributed by atoms with Crippen molar-refractivity contribution in [2.75, 3.05) is 11.3 Å². The maximum absolute atomic E-state index is 13.5. The molecule has 0 spiro atoms. The molecule has 0 amide bonds. The first-order chi connectivity index (χ1) is 14.6. The molecule has 31 heavy (non-hydrogen) atoms. The zero-order valence-corrected chi connectivity index (χ0v) is 18.6. The zero-order valence-electron chi connectivity index (χ0n) is 17.8. The molecule has 0 bridgehead atoms. The number of sulfonamides is 1. The van der Waals surface area contributed by atoms with E-state index >= 15 is 0 Å². The molecule has 0 saturated carbocycles. The van der Waals surface area contributed by atoms with E-state index in [-0.39, 0.29) is 28.7 Å². The number of hydrogen-bond acceptors (Lipinski definition) is 4. The molecule has 8 heteroatoms. The molecule has 164 valence electrons. The number of aromatic nitrogens is 1. The number of halogens is 1. The van der Waals surface area contributed by atoms with Gasteiger partial charge in [0.1, 0.15) is 11.4 Å². The first-order valence-electron chi connectivity index (χ1n) is 9.92. The smallest absolute Gasteiger partial charge is 0.342 e. The lowest BCUT2D eigenvalue weighted by atomic mass is 10.0. The lowest BCUT2D eigenvalue weighted by Crippen LogP contribution is -2.17. The quantitative estimate of drug-likeness (QED) is 0.489. The van der Waals surface area contributed by atoms with Crippen LogP contribution in [-0.4, -0.2) is 26.0 Å². The molecule has 1 aromatic heterocycles. The van der Waals surface area contributed by atoms with Crippen LogP contribution in [0.3, 0.4) is 0 Å². The molecule has 0 atom stereocenters. The number of anilines is 1. The van der Waals surface area contributed by atoms with Crippen molar-refractivity contribution in [3.8, 4) is 11.3 Å². The lowest BCUT2D eigenvalue weighted by Gasteiger charge is -2.13. The Balaban J connectivity index is 2.22. The molecular weight excluding hydrogens is 419 g/mol. The highest BCUT2D eigenvalue weighted by atomic mass is 32.2. The van der Waals surface area contributed by atoms with Gasteiger partial charge in [0, 0.05) is 11.3 Å². The van der Waals surface area contributed by atoms with Crippen molar-refractivity contribution >= 4 is 21.7 Å². The van der Waals surface area contributed by atoms with Crippen LogP contribution < -0.4 is 4.72 Å². The van der Waals surface area contributed by atoms with Crippen LogP contribution in [0.5, 0.6) is 0 Å². The lowest BCUT2D eigenvalue weighted by molar-refractivity contribution is 0.0526. The van der Waals surface area contributed by atoms with Crippen LogP contribution in [-0.2, 0) is 14.8 Å². The summed E-state index contributed by atoms with van der Waals surface area (Å²) in [5.74, 6) is -1.19. The number of ether oxygens (including phenoxy) is 1. The maximum Gasteiger partial charge on any atom is 0.342 e. The number of nitrogens with one attached hydrogen (secondary N) is 2. The van der Waals surface area contributed by atoms with Gasteiger partial charge in [0.25, 0.3) is 10.0 Å². The Morgan fingerprint density at radius 3 is 2.26 bits per heavy atom. The summed E-state index contributed by atoms with van der Waals surface area (Å²) in [5, 5.41) is 0. The molecule has 0 aliphatic rings. The minimum absolute atomic E-state index is 0.0604. The van der Waals surface area contributed by atoms with Crippen molar-refractivity contribution < 1.29 is 22.3 Å². The third kappa shape index (κ3) is 4.80. The third-order valence-corrected chi connectivity index (χ3v) is 6.15. The second kappa shape index (κ2) is 8.93. The normalized spacial score (nSPS) is 11.5. The average Bonchev–Trinajstić information content (AvgIpc) is 3.08. The number of aromatic amines is 1. The summed E-state index contributed by atoms with van der Waals surface area (Å²) in [4.78, 5) is 16.0. The molecule has 0 aliphatic heterocycles. The predicted molar refractivity (Wildman–Crippen MR) is 118 cm³/mol. The van der Waals surface area contributed by atoms with Gasteiger partial charge in [-0.05, 0) is 56.2 Å². The minimum Gasteiger partial charge on any atom is -0.462 e. The Bertz CT molecular complexity index is 1180. The SMILES string of the molecule is CCOC(=O)c1c(C(C)C)[nH]c(-c2ccc(F)cc2)c1NS(=O)(=O)c1ccc(C)cc1. The predicted octanol–water partition coefficient (Wildman–Crippen LogP) is 5.23. The number of carbonyl (C=O) groups excluding carboxylic acids is 1. The Morgan fingerprint density at radius 1 is 1.10 bits per heavy atom. The Kier molecular flexibility index (Phi) is 6.50. The summed E-state index contributed by atoms with van der Waals surface area (Å²) in [6, 6.07) is 12.0. The fraction of sp³-hybridized carbons (Fsp3) is 0.261. The molecule has 0 unspecified atom stereocenters. The van der Waals surface area contributed by atoms with Gasteiger partial charge < -0.3 is 9.72 Å². The summed E-state index contributed by atoms with van der Waals surface area (Å²) in [7, 11) is -4.00. The number of benzene rings is 2. The van der Waals surface area contributed by atoms with E-state index in [0.717, 1.165) is 5.56 Å². The number of H-pyrrole nitrogens is 1. The van der Waals surface area contributed by atoms with Crippen LogP contribution >= 0.6 is 0 Å². The monoisotopic (exact) mass is 444 g/mol. The van der Waals surface area contributed by atoms with E-state index in [2.05, 4.69) is 9.71 Å². The third-order valence-electron chi connectivity index (χ3n) is 4.79. The molecule has 2 aromatic carbocycles. The summed E-state index contributed by atoms with van der Waals surface area (Å²) in [6.07, 6.45) is 0. The van der Waals surface area contributed by atoms with Crippen molar-refractivity contribution in [3.63, 3.8) is 0 Å². The zero-order chi connectivity index (χ0) is 22.8. The van der Waals surface area contributed by atoms with E-state index < -0.39 is 21.8 Å². The maximum atomic E-state index is 13.5. The van der Waals surface area contributed by atoms with E-state index in [4.69, 9.17) is 4.74 Å². The molecule has 2 N–H and O–H groups in total. The Morgan fingerprint density at radius 2 is 1.71 bits per heavy atom. The Hall–Kier alpha value is -3.13.